The van der Waals surface area contributed by atoms with E-state index < -0.39 is 21.3 Å². The lowest BCUT2D eigenvalue weighted by atomic mass is 9.98. The molecule has 1 unspecified atom stereocenters. The summed E-state index contributed by atoms with van der Waals surface area (Å²) in [6, 6.07) is 0. The smallest absolute Gasteiger partial charge is 0.323 e. The van der Waals surface area contributed by atoms with Crippen LogP contribution in [0, 0.1) is 0 Å². The molecule has 2 N–H and O–H groups in total. The van der Waals surface area contributed by atoms with E-state index in [0.29, 0.717) is 26.1 Å². The van der Waals surface area contributed by atoms with Crippen LogP contribution in [-0.2, 0) is 14.6 Å². The van der Waals surface area contributed by atoms with E-state index in [1.165, 1.54) is 6.26 Å². The Kier molecular flexibility index (Phi) is 6.80. The number of nitrogens with zero attached hydrogens (tertiary/aromatic N) is 1. The summed E-state index contributed by atoms with van der Waals surface area (Å²) in [4.78, 5) is 13.0. The Hall–Kier alpha value is -0.660. The molecular weight excluding hydrogens is 256 g/mol. The molecule has 108 valence electrons. The number of carboxylic acid groups (broad SMARTS) is 1. The van der Waals surface area contributed by atoms with Crippen molar-refractivity contribution in [2.24, 2.45) is 0 Å². The molecule has 0 fully saturated rings. The van der Waals surface area contributed by atoms with E-state index >= 15 is 0 Å². The van der Waals surface area contributed by atoms with Crippen LogP contribution in [0.3, 0.4) is 0 Å². The van der Waals surface area contributed by atoms with Gasteiger partial charge in [-0.2, -0.15) is 0 Å². The fraction of sp³-hybridized carbons (Fsp3) is 0.909. The first kappa shape index (κ1) is 17.3. The summed E-state index contributed by atoms with van der Waals surface area (Å²) in [6.07, 6.45) is 1.62. The lowest BCUT2D eigenvalue weighted by molar-refractivity contribution is -0.144. The molecule has 0 aromatic carbocycles. The number of likely N-dealkylation sites (N-methyl/N-ethyl adjacent to an activating group) is 1. The van der Waals surface area contributed by atoms with Gasteiger partial charge in [-0.3, -0.25) is 4.79 Å². The van der Waals surface area contributed by atoms with Gasteiger partial charge in [0.25, 0.3) is 0 Å². The number of sulfone groups is 1. The van der Waals surface area contributed by atoms with E-state index in [-0.39, 0.29) is 5.75 Å². The number of hydrogen-bond donors (Lipinski definition) is 2. The van der Waals surface area contributed by atoms with Crippen LogP contribution in [0.5, 0.6) is 0 Å². The Bertz CT molecular complexity index is 369. The minimum atomic E-state index is -2.97. The van der Waals surface area contributed by atoms with Crippen molar-refractivity contribution >= 4 is 15.8 Å². The van der Waals surface area contributed by atoms with Gasteiger partial charge in [0.15, 0.2) is 0 Å². The molecule has 18 heavy (non-hydrogen) atoms. The third kappa shape index (κ3) is 6.93. The quantitative estimate of drug-likeness (QED) is 0.608. The number of carbonyl (C=O) groups is 1. The molecule has 0 aromatic rings. The van der Waals surface area contributed by atoms with E-state index in [4.69, 9.17) is 5.11 Å². The minimum Gasteiger partial charge on any atom is -0.480 e. The zero-order valence-corrected chi connectivity index (χ0v) is 12.4. The Morgan fingerprint density at radius 1 is 1.39 bits per heavy atom. The number of aliphatic carboxylic acids is 1. The molecule has 0 saturated heterocycles. The molecular formula is C11H24N2O4S. The highest BCUT2D eigenvalue weighted by Gasteiger charge is 2.31. The van der Waals surface area contributed by atoms with Crippen LogP contribution in [0.1, 0.15) is 20.3 Å². The van der Waals surface area contributed by atoms with Gasteiger partial charge in [-0.25, -0.2) is 8.42 Å². The van der Waals surface area contributed by atoms with Crippen molar-refractivity contribution in [2.75, 3.05) is 38.7 Å². The summed E-state index contributed by atoms with van der Waals surface area (Å²) >= 11 is 0. The topological polar surface area (TPSA) is 86.7 Å². The van der Waals surface area contributed by atoms with E-state index in [1.807, 2.05) is 11.8 Å². The highest BCUT2D eigenvalue weighted by atomic mass is 32.2. The zero-order chi connectivity index (χ0) is 14.4. The molecule has 0 aliphatic carbocycles. The number of nitrogens with one attached hydrogen (secondary N) is 1. The second kappa shape index (κ2) is 7.06. The van der Waals surface area contributed by atoms with E-state index in [0.717, 1.165) is 0 Å². The molecule has 0 aliphatic heterocycles. The van der Waals surface area contributed by atoms with Crippen LogP contribution in [-0.4, -0.2) is 68.6 Å². The average Bonchev–Trinajstić information content (AvgIpc) is 2.22. The molecule has 0 heterocycles. The van der Waals surface area contributed by atoms with Crippen LogP contribution in [0.15, 0.2) is 0 Å². The highest BCUT2D eigenvalue weighted by molar-refractivity contribution is 7.90. The highest BCUT2D eigenvalue weighted by Crippen LogP contribution is 2.10. The summed E-state index contributed by atoms with van der Waals surface area (Å²) in [5.74, 6) is -0.796. The predicted octanol–water partition coefficient (Wildman–Crippen LogP) is -0.194. The largest absolute Gasteiger partial charge is 0.480 e. The Balaban J connectivity index is 4.24. The summed E-state index contributed by atoms with van der Waals surface area (Å²) in [6.45, 7) is 5.03. The van der Waals surface area contributed by atoms with Crippen molar-refractivity contribution in [3.05, 3.63) is 0 Å². The molecule has 0 aromatic heterocycles. The van der Waals surface area contributed by atoms with Crippen molar-refractivity contribution in [3.63, 3.8) is 0 Å². The molecule has 0 amide bonds. The molecule has 0 spiro atoms. The maximum Gasteiger partial charge on any atom is 0.323 e. The van der Waals surface area contributed by atoms with E-state index in [2.05, 4.69) is 5.32 Å². The van der Waals surface area contributed by atoms with Gasteiger partial charge in [0, 0.05) is 19.3 Å². The number of hydrogen-bond acceptors (Lipinski definition) is 5. The van der Waals surface area contributed by atoms with Gasteiger partial charge in [0.2, 0.25) is 0 Å². The first-order valence-electron chi connectivity index (χ1n) is 5.95. The fourth-order valence-electron chi connectivity index (χ4n) is 1.51. The maximum atomic E-state index is 11.2. The first-order chi connectivity index (χ1) is 8.10. The molecule has 0 saturated carbocycles. The van der Waals surface area contributed by atoms with Crippen LogP contribution in [0.2, 0.25) is 0 Å². The van der Waals surface area contributed by atoms with Crippen LogP contribution in [0.25, 0.3) is 0 Å². The molecule has 7 heteroatoms. The first-order valence-corrected chi connectivity index (χ1v) is 8.01. The molecule has 1 atom stereocenters. The second-order valence-corrected chi connectivity index (χ2v) is 7.11. The van der Waals surface area contributed by atoms with Crippen molar-refractivity contribution in [3.8, 4) is 0 Å². The second-order valence-electron chi connectivity index (χ2n) is 4.85. The Morgan fingerprint density at radius 2 is 1.94 bits per heavy atom. The Morgan fingerprint density at radius 3 is 2.33 bits per heavy atom. The number of carboxylic acids is 1. The SMILES string of the molecule is CCNC(C)(CCN(C)CCS(C)(=O)=O)C(=O)O. The molecule has 0 rings (SSSR count). The summed E-state index contributed by atoms with van der Waals surface area (Å²) < 4.78 is 22.0. The molecule has 0 radical (unpaired) electrons. The average molecular weight is 280 g/mol. The number of rotatable bonds is 9. The van der Waals surface area contributed by atoms with Crippen molar-refractivity contribution in [1.82, 2.24) is 10.2 Å². The van der Waals surface area contributed by atoms with Gasteiger partial charge >= 0.3 is 5.97 Å². The summed E-state index contributed by atoms with van der Waals surface area (Å²) in [5.41, 5.74) is -0.964. The molecule has 0 bridgehead atoms. The van der Waals surface area contributed by atoms with Gasteiger partial charge in [0.1, 0.15) is 15.4 Å². The van der Waals surface area contributed by atoms with Crippen molar-refractivity contribution in [2.45, 2.75) is 25.8 Å². The predicted molar refractivity (Wildman–Crippen MR) is 71.5 cm³/mol. The van der Waals surface area contributed by atoms with Crippen molar-refractivity contribution in [1.29, 1.82) is 0 Å². The Labute approximate surface area is 109 Å². The summed E-state index contributed by atoms with van der Waals surface area (Å²) in [7, 11) is -1.18. The standard InChI is InChI=1S/C11H24N2O4S/c1-5-12-11(2,10(14)15)6-7-13(3)8-9-18(4,16)17/h12H,5-9H2,1-4H3,(H,14,15). The van der Waals surface area contributed by atoms with Crippen LogP contribution >= 0.6 is 0 Å². The minimum absolute atomic E-state index is 0.0918. The van der Waals surface area contributed by atoms with Gasteiger partial charge in [0.05, 0.1) is 5.75 Å². The van der Waals surface area contributed by atoms with Gasteiger partial charge in [-0.15, -0.1) is 0 Å². The zero-order valence-electron chi connectivity index (χ0n) is 11.6. The van der Waals surface area contributed by atoms with Crippen LogP contribution < -0.4 is 5.32 Å². The molecule has 6 nitrogen and oxygen atoms in total. The van der Waals surface area contributed by atoms with E-state index in [9.17, 15) is 13.2 Å². The lowest BCUT2D eigenvalue weighted by Gasteiger charge is -2.28. The third-order valence-corrected chi connectivity index (χ3v) is 3.80. The maximum absolute atomic E-state index is 11.2. The normalized spacial score (nSPS) is 15.6. The van der Waals surface area contributed by atoms with E-state index in [1.54, 1.807) is 14.0 Å². The van der Waals surface area contributed by atoms with Gasteiger partial charge in [-0.1, -0.05) is 6.92 Å². The third-order valence-electron chi connectivity index (χ3n) is 2.88. The van der Waals surface area contributed by atoms with Crippen LogP contribution in [0.4, 0.5) is 0 Å². The fourth-order valence-corrected chi connectivity index (χ4v) is 2.15. The van der Waals surface area contributed by atoms with Gasteiger partial charge < -0.3 is 15.3 Å². The monoisotopic (exact) mass is 280 g/mol. The summed E-state index contributed by atoms with van der Waals surface area (Å²) in [5, 5.41) is 12.1. The molecule has 0 aliphatic rings. The van der Waals surface area contributed by atoms with Gasteiger partial charge in [-0.05, 0) is 26.9 Å². The lowest BCUT2D eigenvalue weighted by Crippen LogP contribution is -2.51. The van der Waals surface area contributed by atoms with Crippen molar-refractivity contribution < 1.29 is 18.3 Å².